The van der Waals surface area contributed by atoms with Gasteiger partial charge in [-0.15, -0.1) is 24.0 Å². The summed E-state index contributed by atoms with van der Waals surface area (Å²) >= 11 is 0. The Hall–Kier alpha value is 0.0813. The number of hydrogen-bond donors (Lipinski definition) is 2. The number of fused-ring (bicyclic) bond motifs is 10. The fourth-order valence-corrected chi connectivity index (χ4v) is 14.0. The predicted octanol–water partition coefficient (Wildman–Crippen LogP) is 4.63. The SMILES string of the molecule is C.C.C=C(C[C@@H]1C[C@H](O)[C@]2(C)O[C@@H]3C[C@@H]4O[C@@H]5C[C@]6(C)O[C@]7(C)CC[C@@H]8O[C@@H]9C[C@]%10(C)O[C@@H]%11C(C)=CC(=O)O[C@H]%11C[C@H]%10O[C@H]9C[C@@H](C)[C@H]8O[C@H]7C[C@H]6O[C@@]5(C)C/C=C\[C@H]4O[C@H]3C[C@H]2O1)C(=O)O.F.I.[2HH].[B].[H-].[HH].[K+]. The molecule has 15 nitrogen and oxygen atoms in total. The zero-order valence-corrected chi connectivity index (χ0v) is 46.9. The zero-order chi connectivity index (χ0) is 45.6. The number of aliphatic carboxylic acids is 1. The molecule has 0 saturated carbocycles. The van der Waals surface area contributed by atoms with Gasteiger partial charge < -0.3 is 63.7 Å². The summed E-state index contributed by atoms with van der Waals surface area (Å²) in [6, 6.07) is 0. The van der Waals surface area contributed by atoms with Crippen molar-refractivity contribution in [3.05, 3.63) is 36.0 Å². The molecule has 11 aliphatic heterocycles. The third-order valence-corrected chi connectivity index (χ3v) is 17.9. The first-order valence-corrected chi connectivity index (χ1v) is 24.5. The number of aliphatic hydroxyl groups excluding tert-OH is 1. The number of halogens is 2. The molecule has 0 aromatic heterocycles. The van der Waals surface area contributed by atoms with Crippen LogP contribution in [0.15, 0.2) is 36.0 Å². The summed E-state index contributed by atoms with van der Waals surface area (Å²) in [5.41, 5.74) is -2.49. The van der Waals surface area contributed by atoms with E-state index in [1.807, 2.05) is 13.8 Å². The van der Waals surface area contributed by atoms with Crippen LogP contribution in [0.4, 0.5) is 4.70 Å². The van der Waals surface area contributed by atoms with Crippen molar-refractivity contribution in [2.45, 2.75) is 272 Å². The molecular formula is C52H85BFIKO15. The number of aliphatic hydroxyl groups is 1. The van der Waals surface area contributed by atoms with E-state index in [9.17, 15) is 19.8 Å². The first-order valence-electron chi connectivity index (χ1n) is 24.5. The van der Waals surface area contributed by atoms with Gasteiger partial charge in [-0.1, -0.05) is 40.5 Å². The summed E-state index contributed by atoms with van der Waals surface area (Å²) in [7, 11) is 0. The molecule has 23 atom stereocenters. The Morgan fingerprint density at radius 3 is 2.20 bits per heavy atom. The van der Waals surface area contributed by atoms with Crippen molar-refractivity contribution in [2.24, 2.45) is 5.92 Å². The normalized spacial score (nSPS) is 51.5. The van der Waals surface area contributed by atoms with Crippen LogP contribution in [0.2, 0.25) is 0 Å². The van der Waals surface area contributed by atoms with Crippen molar-refractivity contribution in [2.75, 3.05) is 0 Å². The molecule has 11 rings (SSSR count). The summed E-state index contributed by atoms with van der Waals surface area (Å²) in [4.78, 5) is 23.8. The Kier molecular flexibility index (Phi) is 19.6. The molecule has 401 valence electrons. The van der Waals surface area contributed by atoms with E-state index in [4.69, 9.17) is 52.1 Å². The van der Waals surface area contributed by atoms with Crippen molar-refractivity contribution < 1.29 is 132 Å². The van der Waals surface area contributed by atoms with Crippen molar-refractivity contribution in [1.82, 2.24) is 0 Å². The zero-order valence-electron chi connectivity index (χ0n) is 42.4. The van der Waals surface area contributed by atoms with Crippen LogP contribution in [0.3, 0.4) is 0 Å². The first-order chi connectivity index (χ1) is 30.7. The minimum absolute atomic E-state index is 0. The van der Waals surface area contributed by atoms with Gasteiger partial charge in [-0.2, -0.15) is 0 Å². The summed E-state index contributed by atoms with van der Waals surface area (Å²) in [6.07, 6.45) is 7.62. The molecule has 11 heterocycles. The van der Waals surface area contributed by atoms with Crippen LogP contribution in [0.5, 0.6) is 0 Å². The Balaban J connectivity index is 0.00000208. The molecule has 0 aliphatic carbocycles. The van der Waals surface area contributed by atoms with Crippen LogP contribution in [0.25, 0.3) is 0 Å². The van der Waals surface area contributed by atoms with E-state index < -0.39 is 52.3 Å². The van der Waals surface area contributed by atoms with E-state index in [1.165, 1.54) is 0 Å². The van der Waals surface area contributed by atoms with Gasteiger partial charge in [0.1, 0.15) is 23.9 Å². The molecule has 0 bridgehead atoms. The maximum atomic E-state index is 12.3. The van der Waals surface area contributed by atoms with E-state index in [1.54, 1.807) is 6.08 Å². The van der Waals surface area contributed by atoms with E-state index >= 15 is 0 Å². The Morgan fingerprint density at radius 1 is 0.775 bits per heavy atom. The average Bonchev–Trinajstić information content (AvgIpc) is 3.43. The standard InChI is InChI=1S/C50H70O15.2CH4.B.FH.HI.K.2H2.H/c1-24-15-30-35(22-48(6)37(58-30)20-34-44(64-48)25(2)16-42(52)60-34)57-29-11-13-47(5)38(61-43(24)29)21-39-49(7,65-47)23-41-46(4,63-39)12-9-10-28-31(59-41)18-33-32(56-28)19-40-50(8,62-33)36(51)17-27(55-40)14-26(3)45(53)54;;;;;;;;;/h9-10,16,24,27-41,43-44,51H,3,11-15,17-23H2,1-2,4-8H3,(H,53,54);2*1H4;;2*1H;;2*1H;/q;;;;;;+1;;;-1/b10-9-;;;;;;;;;/t24-,27-,28-,29+,30+,31+,32+,33-,34+,35-,36+,37-,38+,39-,40-,41-,43-,44-,46+,47-,48+,49+,50+;;;;;;;;;/m1........./s1/i;;;;;;;1+1;;. The number of carbonyl (C=O) groups is 2. The Bertz CT molecular complexity index is 2040. The van der Waals surface area contributed by atoms with Crippen molar-refractivity contribution in [1.29, 1.82) is 0 Å². The number of hydrogen-bond acceptors (Lipinski definition) is 14. The third kappa shape index (κ3) is 11.0. The molecule has 0 aromatic rings. The predicted molar refractivity (Wildman–Crippen MR) is 272 cm³/mol. The van der Waals surface area contributed by atoms with Crippen LogP contribution >= 0.6 is 24.0 Å². The van der Waals surface area contributed by atoms with Gasteiger partial charge in [-0.05, 0) is 78.7 Å². The summed E-state index contributed by atoms with van der Waals surface area (Å²) in [5, 5.41) is 20.8. The van der Waals surface area contributed by atoms with Gasteiger partial charge in [0, 0.05) is 74.3 Å². The van der Waals surface area contributed by atoms with Crippen molar-refractivity contribution >= 4 is 44.3 Å². The molecule has 0 unspecified atom stereocenters. The van der Waals surface area contributed by atoms with Gasteiger partial charge in [-0.3, -0.25) is 4.70 Å². The maximum absolute atomic E-state index is 12.3. The van der Waals surface area contributed by atoms with Gasteiger partial charge in [0.05, 0.1) is 108 Å². The van der Waals surface area contributed by atoms with E-state index in [-0.39, 0.29) is 223 Å². The molecular weight excluding hydrogens is 1060 g/mol. The maximum Gasteiger partial charge on any atom is 1.00 e. The number of ether oxygens (including phenoxy) is 11. The molecule has 71 heavy (non-hydrogen) atoms. The third-order valence-electron chi connectivity index (χ3n) is 17.9. The van der Waals surface area contributed by atoms with Gasteiger partial charge in [0.25, 0.3) is 0 Å². The molecule has 0 amide bonds. The van der Waals surface area contributed by atoms with Crippen LogP contribution in [-0.4, -0.2) is 162 Å². The molecule has 0 aromatic carbocycles. The molecule has 3 radical (unpaired) electrons. The second-order valence-electron chi connectivity index (χ2n) is 22.8. The molecule has 19 heteroatoms. The van der Waals surface area contributed by atoms with Gasteiger partial charge in [-0.25, -0.2) is 9.59 Å². The van der Waals surface area contributed by atoms with Gasteiger partial charge in [0.15, 0.2) is 0 Å². The summed E-state index contributed by atoms with van der Waals surface area (Å²) < 4.78 is 75.5. The second-order valence-corrected chi connectivity index (χ2v) is 22.8. The molecule has 2 N–H and O–H groups in total. The van der Waals surface area contributed by atoms with Gasteiger partial charge >= 0.3 is 63.3 Å². The first kappa shape index (κ1) is 61.9. The fourth-order valence-electron chi connectivity index (χ4n) is 14.0. The van der Waals surface area contributed by atoms with Crippen LogP contribution in [-0.2, 0) is 61.7 Å². The van der Waals surface area contributed by atoms with E-state index in [0.29, 0.717) is 44.9 Å². The molecule has 9 saturated heterocycles. The average molecular weight is 1150 g/mol. The number of carboxylic acid groups (broad SMARTS) is 1. The van der Waals surface area contributed by atoms with E-state index in [0.717, 1.165) is 24.8 Å². The van der Waals surface area contributed by atoms with Crippen LogP contribution in [0.1, 0.15) is 145 Å². The summed E-state index contributed by atoms with van der Waals surface area (Å²) in [6.45, 7) is 18.4. The van der Waals surface area contributed by atoms with Gasteiger partial charge in [0.2, 0.25) is 0 Å². The fraction of sp³-hybridized carbons (Fsp3) is 0.846. The number of carbonyl (C=O) groups excluding carboxylic acids is 1. The minimum Gasteiger partial charge on any atom is -1.00 e. The largest absolute Gasteiger partial charge is 1.00 e. The van der Waals surface area contributed by atoms with E-state index in [2.05, 4.69) is 53.3 Å². The second kappa shape index (κ2) is 22.4. The Labute approximate surface area is 486 Å². The minimum atomic E-state index is -1.07. The topological polar surface area (TPSA) is 176 Å². The molecule has 11 aliphatic rings. The van der Waals surface area contributed by atoms with Crippen molar-refractivity contribution in [3.8, 4) is 0 Å². The monoisotopic (exact) mass is 1150 g/mol. The van der Waals surface area contributed by atoms with Crippen LogP contribution in [0, 0.1) is 5.92 Å². The number of esters is 1. The quantitative estimate of drug-likeness (QED) is 0.132. The smallest absolute Gasteiger partial charge is 1.00 e. The number of rotatable bonds is 3. The molecule has 0 spiro atoms. The molecule has 9 fully saturated rings. The number of carboxylic acids is 1. The Morgan fingerprint density at radius 2 is 1.46 bits per heavy atom. The van der Waals surface area contributed by atoms with Crippen molar-refractivity contribution in [3.63, 3.8) is 0 Å². The summed E-state index contributed by atoms with van der Waals surface area (Å²) in [5.74, 6) is -1.22. The van der Waals surface area contributed by atoms with Crippen LogP contribution < -0.4 is 51.4 Å².